The average molecular weight is 425 g/mol. The topological polar surface area (TPSA) is 86.3 Å². The smallest absolute Gasteiger partial charge is 0.322 e. The molecule has 160 valence electrons. The van der Waals surface area contributed by atoms with Gasteiger partial charge in [-0.1, -0.05) is 12.1 Å². The minimum Gasteiger partial charge on any atom is -0.352 e. The highest BCUT2D eigenvalue weighted by Crippen LogP contribution is 2.20. The SMILES string of the molecule is Cc1cccc(Nc2ccc(N3CCN(C(=O)Nc4c(F)cccc4F)CC3)nn2)n1. The molecule has 10 heteroatoms. The third-order valence-electron chi connectivity index (χ3n) is 4.88. The van der Waals surface area contributed by atoms with Gasteiger partial charge >= 0.3 is 6.03 Å². The maximum Gasteiger partial charge on any atom is 0.322 e. The van der Waals surface area contributed by atoms with Gasteiger partial charge in [-0.15, -0.1) is 10.2 Å². The lowest BCUT2D eigenvalue weighted by Gasteiger charge is -2.35. The molecule has 0 atom stereocenters. The molecule has 0 radical (unpaired) electrons. The maximum absolute atomic E-state index is 13.7. The van der Waals surface area contributed by atoms with Crippen molar-refractivity contribution in [1.29, 1.82) is 0 Å². The Bertz CT molecular complexity index is 1050. The largest absolute Gasteiger partial charge is 0.352 e. The molecule has 1 fully saturated rings. The number of nitrogens with one attached hydrogen (secondary N) is 2. The summed E-state index contributed by atoms with van der Waals surface area (Å²) in [6.07, 6.45) is 0. The standard InChI is InChI=1S/C21H21F2N7O/c1-14-4-2-7-17(24-14)25-18-8-9-19(28-27-18)29-10-12-30(13-11-29)21(31)26-20-15(22)5-3-6-16(20)23/h2-9H,10-13H2,1H3,(H,26,31)(H,24,25,27). The number of pyridine rings is 1. The Morgan fingerprint density at radius 3 is 2.26 bits per heavy atom. The van der Waals surface area contributed by atoms with Crippen molar-refractivity contribution >= 4 is 29.2 Å². The number of hydrogen-bond acceptors (Lipinski definition) is 6. The van der Waals surface area contributed by atoms with E-state index in [1.54, 1.807) is 0 Å². The Kier molecular flexibility index (Phi) is 5.87. The van der Waals surface area contributed by atoms with E-state index in [0.29, 0.717) is 43.6 Å². The quantitative estimate of drug-likeness (QED) is 0.665. The molecule has 3 heterocycles. The van der Waals surface area contributed by atoms with Gasteiger partial charge in [-0.3, -0.25) is 0 Å². The molecule has 0 bridgehead atoms. The molecule has 2 amide bonds. The summed E-state index contributed by atoms with van der Waals surface area (Å²) in [6.45, 7) is 3.72. The number of para-hydroxylation sites is 1. The first-order chi connectivity index (χ1) is 15.0. The predicted molar refractivity (Wildman–Crippen MR) is 113 cm³/mol. The lowest BCUT2D eigenvalue weighted by Crippen LogP contribution is -2.50. The van der Waals surface area contributed by atoms with E-state index in [2.05, 4.69) is 25.8 Å². The van der Waals surface area contributed by atoms with Crippen molar-refractivity contribution in [2.45, 2.75) is 6.92 Å². The van der Waals surface area contributed by atoms with Gasteiger partial charge in [0.1, 0.15) is 23.1 Å². The van der Waals surface area contributed by atoms with Gasteiger partial charge in [-0.25, -0.2) is 18.6 Å². The van der Waals surface area contributed by atoms with Crippen molar-refractivity contribution in [3.05, 3.63) is 65.9 Å². The molecule has 31 heavy (non-hydrogen) atoms. The molecule has 8 nitrogen and oxygen atoms in total. The number of nitrogens with zero attached hydrogens (tertiary/aromatic N) is 5. The molecule has 0 unspecified atom stereocenters. The number of carbonyl (C=O) groups excluding carboxylic acids is 1. The third kappa shape index (κ3) is 4.85. The summed E-state index contributed by atoms with van der Waals surface area (Å²) in [5.74, 6) is 0.330. The Hall–Kier alpha value is -3.82. The van der Waals surface area contributed by atoms with Crippen molar-refractivity contribution in [1.82, 2.24) is 20.1 Å². The second-order valence-electron chi connectivity index (χ2n) is 7.07. The molecule has 1 aliphatic rings. The second kappa shape index (κ2) is 8.90. The molecule has 0 saturated carbocycles. The first kappa shape index (κ1) is 20.5. The zero-order valence-electron chi connectivity index (χ0n) is 16.8. The number of rotatable bonds is 4. The molecule has 2 N–H and O–H groups in total. The molecule has 1 aromatic carbocycles. The molecular formula is C21H21F2N7O. The zero-order valence-corrected chi connectivity index (χ0v) is 16.8. The van der Waals surface area contributed by atoms with Crippen LogP contribution >= 0.6 is 0 Å². The molecule has 3 aromatic rings. The molecular weight excluding hydrogens is 404 g/mol. The monoisotopic (exact) mass is 425 g/mol. The van der Waals surface area contributed by atoms with Gasteiger partial charge in [0.2, 0.25) is 0 Å². The van der Waals surface area contributed by atoms with Crippen LogP contribution in [-0.4, -0.2) is 52.3 Å². The number of anilines is 4. The molecule has 4 rings (SSSR count). The summed E-state index contributed by atoms with van der Waals surface area (Å²) in [5, 5.41) is 13.9. The molecule has 2 aromatic heterocycles. The number of benzene rings is 1. The van der Waals surface area contributed by atoms with Gasteiger partial charge in [-0.2, -0.15) is 0 Å². The van der Waals surface area contributed by atoms with Crippen LogP contribution < -0.4 is 15.5 Å². The molecule has 0 spiro atoms. The van der Waals surface area contributed by atoms with E-state index in [4.69, 9.17) is 0 Å². The highest BCUT2D eigenvalue weighted by atomic mass is 19.1. The van der Waals surface area contributed by atoms with E-state index < -0.39 is 23.4 Å². The van der Waals surface area contributed by atoms with Crippen molar-refractivity contribution in [3.8, 4) is 0 Å². The van der Waals surface area contributed by atoms with Gasteiger partial charge in [0.05, 0.1) is 0 Å². The Morgan fingerprint density at radius 1 is 0.903 bits per heavy atom. The van der Waals surface area contributed by atoms with Crippen molar-refractivity contribution in [2.75, 3.05) is 41.7 Å². The summed E-state index contributed by atoms with van der Waals surface area (Å²) in [4.78, 5) is 20.2. The minimum absolute atomic E-state index is 0.386. The summed E-state index contributed by atoms with van der Waals surface area (Å²) in [6, 6.07) is 12.2. The Labute approximate surface area is 177 Å². The van der Waals surface area contributed by atoms with E-state index in [1.807, 2.05) is 42.2 Å². The highest BCUT2D eigenvalue weighted by molar-refractivity contribution is 5.89. The van der Waals surface area contributed by atoms with Crippen LogP contribution in [0.2, 0.25) is 0 Å². The number of amides is 2. The zero-order chi connectivity index (χ0) is 21.8. The van der Waals surface area contributed by atoms with Gasteiger partial charge < -0.3 is 20.4 Å². The van der Waals surface area contributed by atoms with Crippen LogP contribution in [0.25, 0.3) is 0 Å². The third-order valence-corrected chi connectivity index (χ3v) is 4.88. The normalized spacial score (nSPS) is 13.8. The van der Waals surface area contributed by atoms with Gasteiger partial charge in [-0.05, 0) is 43.3 Å². The van der Waals surface area contributed by atoms with Crippen molar-refractivity contribution < 1.29 is 13.6 Å². The lowest BCUT2D eigenvalue weighted by atomic mass is 10.3. The van der Waals surface area contributed by atoms with E-state index in [9.17, 15) is 13.6 Å². The van der Waals surface area contributed by atoms with E-state index in [-0.39, 0.29) is 0 Å². The van der Waals surface area contributed by atoms with E-state index >= 15 is 0 Å². The molecule has 1 aliphatic heterocycles. The number of carbonyl (C=O) groups is 1. The first-order valence-electron chi connectivity index (χ1n) is 9.79. The number of hydrogen-bond donors (Lipinski definition) is 2. The fraction of sp³-hybridized carbons (Fsp3) is 0.238. The summed E-state index contributed by atoms with van der Waals surface area (Å²) in [7, 11) is 0. The minimum atomic E-state index is -0.808. The van der Waals surface area contributed by atoms with Crippen LogP contribution in [-0.2, 0) is 0 Å². The van der Waals surface area contributed by atoms with E-state index in [1.165, 1.54) is 11.0 Å². The predicted octanol–water partition coefficient (Wildman–Crippen LogP) is 3.56. The molecule has 1 saturated heterocycles. The first-order valence-corrected chi connectivity index (χ1v) is 9.79. The average Bonchev–Trinajstić information content (AvgIpc) is 2.77. The van der Waals surface area contributed by atoms with E-state index in [0.717, 1.165) is 17.8 Å². The number of aryl methyl sites for hydroxylation is 1. The Morgan fingerprint density at radius 2 is 1.61 bits per heavy atom. The van der Waals surface area contributed by atoms with Crippen LogP contribution in [0.5, 0.6) is 0 Å². The maximum atomic E-state index is 13.7. The van der Waals surface area contributed by atoms with Crippen molar-refractivity contribution in [3.63, 3.8) is 0 Å². The highest BCUT2D eigenvalue weighted by Gasteiger charge is 2.23. The molecule has 0 aliphatic carbocycles. The Balaban J connectivity index is 1.32. The van der Waals surface area contributed by atoms with Crippen LogP contribution in [0.3, 0.4) is 0 Å². The number of aromatic nitrogens is 3. The van der Waals surface area contributed by atoms with Crippen LogP contribution in [0.1, 0.15) is 5.69 Å². The van der Waals surface area contributed by atoms with Gasteiger partial charge in [0, 0.05) is 31.9 Å². The fourth-order valence-corrected chi connectivity index (χ4v) is 3.25. The number of urea groups is 1. The summed E-state index contributed by atoms with van der Waals surface area (Å²) in [5.41, 5.74) is 0.459. The summed E-state index contributed by atoms with van der Waals surface area (Å²) < 4.78 is 27.5. The van der Waals surface area contributed by atoms with Crippen LogP contribution in [0.15, 0.2) is 48.5 Å². The number of halogens is 2. The van der Waals surface area contributed by atoms with Gasteiger partial charge in [0.25, 0.3) is 0 Å². The number of piperazine rings is 1. The lowest BCUT2D eigenvalue weighted by molar-refractivity contribution is 0.207. The van der Waals surface area contributed by atoms with Gasteiger partial charge in [0.15, 0.2) is 11.6 Å². The summed E-state index contributed by atoms with van der Waals surface area (Å²) >= 11 is 0. The second-order valence-corrected chi connectivity index (χ2v) is 7.07. The van der Waals surface area contributed by atoms with Crippen LogP contribution in [0.4, 0.5) is 36.7 Å². The fourth-order valence-electron chi connectivity index (χ4n) is 3.25. The van der Waals surface area contributed by atoms with Crippen molar-refractivity contribution in [2.24, 2.45) is 0 Å². The van der Waals surface area contributed by atoms with Crippen LogP contribution in [0, 0.1) is 18.6 Å².